The van der Waals surface area contributed by atoms with Crippen LogP contribution in [0.25, 0.3) is 10.6 Å². The van der Waals surface area contributed by atoms with Gasteiger partial charge in [-0.2, -0.15) is 0 Å². The van der Waals surface area contributed by atoms with Crippen molar-refractivity contribution in [3.05, 3.63) is 65.2 Å². The molecule has 20 heavy (non-hydrogen) atoms. The van der Waals surface area contributed by atoms with E-state index in [1.807, 2.05) is 30.3 Å². The van der Waals surface area contributed by atoms with Crippen LogP contribution in [0.5, 0.6) is 0 Å². The van der Waals surface area contributed by atoms with Crippen molar-refractivity contribution in [1.82, 2.24) is 15.2 Å². The van der Waals surface area contributed by atoms with Gasteiger partial charge < -0.3 is 5.73 Å². The quantitative estimate of drug-likeness (QED) is 0.804. The second-order valence-electron chi connectivity index (χ2n) is 4.19. The number of rotatable bonds is 3. The first-order chi connectivity index (χ1) is 9.75. The van der Waals surface area contributed by atoms with Crippen LogP contribution in [0.2, 0.25) is 0 Å². The number of aromatic nitrogens is 3. The first-order valence-corrected chi connectivity index (χ1v) is 6.81. The van der Waals surface area contributed by atoms with Gasteiger partial charge in [-0.05, 0) is 11.6 Å². The Labute approximate surface area is 119 Å². The van der Waals surface area contributed by atoms with E-state index in [-0.39, 0.29) is 6.04 Å². The van der Waals surface area contributed by atoms with Crippen LogP contribution in [0.1, 0.15) is 16.6 Å². The Morgan fingerprint density at radius 2 is 1.90 bits per heavy atom. The summed E-state index contributed by atoms with van der Waals surface area (Å²) < 4.78 is 13.7. The summed E-state index contributed by atoms with van der Waals surface area (Å²) in [7, 11) is 0. The van der Waals surface area contributed by atoms with Gasteiger partial charge >= 0.3 is 0 Å². The van der Waals surface area contributed by atoms with Crippen molar-refractivity contribution < 1.29 is 4.39 Å². The molecule has 0 amide bonds. The molecule has 100 valence electrons. The van der Waals surface area contributed by atoms with E-state index in [0.29, 0.717) is 15.6 Å². The Morgan fingerprint density at radius 1 is 1.10 bits per heavy atom. The van der Waals surface area contributed by atoms with E-state index in [1.54, 1.807) is 6.07 Å². The molecule has 6 heteroatoms. The molecule has 1 unspecified atom stereocenters. The predicted octanol–water partition coefficient (Wildman–Crippen LogP) is 2.79. The molecule has 2 heterocycles. The van der Waals surface area contributed by atoms with E-state index in [2.05, 4.69) is 15.2 Å². The van der Waals surface area contributed by atoms with E-state index in [4.69, 9.17) is 5.73 Å². The minimum absolute atomic E-state index is 0.354. The zero-order valence-electron chi connectivity index (χ0n) is 10.4. The fourth-order valence-electron chi connectivity index (χ4n) is 1.82. The van der Waals surface area contributed by atoms with Crippen molar-refractivity contribution in [2.24, 2.45) is 5.73 Å². The van der Waals surface area contributed by atoms with Gasteiger partial charge in [-0.15, -0.1) is 10.2 Å². The summed E-state index contributed by atoms with van der Waals surface area (Å²) in [6, 6.07) is 10.8. The van der Waals surface area contributed by atoms with E-state index in [0.717, 1.165) is 11.8 Å². The Bertz CT molecular complexity index is 714. The fraction of sp³-hybridized carbons (Fsp3) is 0.0714. The maximum absolute atomic E-state index is 13.7. The molecule has 1 atom stereocenters. The van der Waals surface area contributed by atoms with Gasteiger partial charge in [-0.1, -0.05) is 41.7 Å². The summed E-state index contributed by atoms with van der Waals surface area (Å²) >= 11 is 1.29. The second-order valence-corrected chi connectivity index (χ2v) is 5.20. The molecule has 3 aromatic rings. The minimum atomic E-state index is -0.413. The molecule has 4 nitrogen and oxygen atoms in total. The standard InChI is InChI=1S/C14H11FN4S/c15-11-8-17-7-6-10(11)13-18-19-14(20-13)12(16)9-4-2-1-3-5-9/h1-8,12H,16H2. The summed E-state index contributed by atoms with van der Waals surface area (Å²) in [6.07, 6.45) is 2.68. The van der Waals surface area contributed by atoms with Crippen molar-refractivity contribution in [2.45, 2.75) is 6.04 Å². The minimum Gasteiger partial charge on any atom is -0.318 e. The van der Waals surface area contributed by atoms with Crippen molar-refractivity contribution in [3.63, 3.8) is 0 Å². The molecule has 0 spiro atoms. The smallest absolute Gasteiger partial charge is 0.151 e. The van der Waals surface area contributed by atoms with E-state index >= 15 is 0 Å². The summed E-state index contributed by atoms with van der Waals surface area (Å²) in [5.41, 5.74) is 7.49. The maximum Gasteiger partial charge on any atom is 0.151 e. The second kappa shape index (κ2) is 5.44. The lowest BCUT2D eigenvalue weighted by Gasteiger charge is -2.06. The highest BCUT2D eigenvalue weighted by atomic mass is 32.1. The normalized spacial score (nSPS) is 12.3. The van der Waals surface area contributed by atoms with Gasteiger partial charge in [-0.3, -0.25) is 4.98 Å². The molecule has 0 radical (unpaired) electrons. The number of pyridine rings is 1. The zero-order chi connectivity index (χ0) is 13.9. The molecule has 0 aliphatic heterocycles. The molecule has 3 rings (SSSR count). The van der Waals surface area contributed by atoms with Gasteiger partial charge in [-0.25, -0.2) is 4.39 Å². The summed E-state index contributed by atoms with van der Waals surface area (Å²) in [6.45, 7) is 0. The lowest BCUT2D eigenvalue weighted by molar-refractivity contribution is 0.624. The molecule has 0 aliphatic carbocycles. The molecule has 0 fully saturated rings. The Kier molecular flexibility index (Phi) is 3.49. The number of nitrogens with zero attached hydrogens (tertiary/aromatic N) is 3. The average molecular weight is 286 g/mol. The van der Waals surface area contributed by atoms with E-state index in [9.17, 15) is 4.39 Å². The van der Waals surface area contributed by atoms with Crippen LogP contribution in [-0.2, 0) is 0 Å². The van der Waals surface area contributed by atoms with Crippen molar-refractivity contribution in [2.75, 3.05) is 0 Å². The number of benzene rings is 1. The molecule has 0 aliphatic rings. The van der Waals surface area contributed by atoms with Gasteiger partial charge in [0, 0.05) is 6.20 Å². The van der Waals surface area contributed by atoms with Gasteiger partial charge in [0.15, 0.2) is 10.8 Å². The number of halogens is 1. The lowest BCUT2D eigenvalue weighted by Crippen LogP contribution is -2.11. The van der Waals surface area contributed by atoms with Crippen LogP contribution >= 0.6 is 11.3 Å². The number of hydrogen-bond donors (Lipinski definition) is 1. The van der Waals surface area contributed by atoms with Crippen molar-refractivity contribution >= 4 is 11.3 Å². The first kappa shape index (κ1) is 12.8. The largest absolute Gasteiger partial charge is 0.318 e. The van der Waals surface area contributed by atoms with Gasteiger partial charge in [0.1, 0.15) is 5.01 Å². The predicted molar refractivity (Wildman–Crippen MR) is 75.6 cm³/mol. The summed E-state index contributed by atoms with van der Waals surface area (Å²) in [5.74, 6) is -0.413. The third kappa shape index (κ3) is 2.43. The SMILES string of the molecule is NC(c1ccccc1)c1nnc(-c2ccncc2F)s1. The van der Waals surface area contributed by atoms with Crippen molar-refractivity contribution in [3.8, 4) is 10.6 Å². The topological polar surface area (TPSA) is 64.7 Å². The van der Waals surface area contributed by atoms with Crippen LogP contribution in [0.4, 0.5) is 4.39 Å². The molecule has 2 aromatic heterocycles. The first-order valence-electron chi connectivity index (χ1n) is 5.99. The summed E-state index contributed by atoms with van der Waals surface area (Å²) in [5, 5.41) is 9.24. The Balaban J connectivity index is 1.93. The highest BCUT2D eigenvalue weighted by Crippen LogP contribution is 2.29. The number of hydrogen-bond acceptors (Lipinski definition) is 5. The molecular weight excluding hydrogens is 275 g/mol. The Morgan fingerprint density at radius 3 is 2.65 bits per heavy atom. The van der Waals surface area contributed by atoms with Crippen LogP contribution in [0.3, 0.4) is 0 Å². The third-order valence-electron chi connectivity index (χ3n) is 2.87. The van der Waals surface area contributed by atoms with E-state index < -0.39 is 5.82 Å². The molecule has 0 saturated heterocycles. The van der Waals surface area contributed by atoms with Gasteiger partial charge in [0.05, 0.1) is 17.8 Å². The molecule has 0 bridgehead atoms. The van der Waals surface area contributed by atoms with Gasteiger partial charge in [0.25, 0.3) is 0 Å². The van der Waals surface area contributed by atoms with Crippen LogP contribution in [-0.4, -0.2) is 15.2 Å². The fourth-order valence-corrected chi connectivity index (χ4v) is 2.72. The van der Waals surface area contributed by atoms with Crippen LogP contribution < -0.4 is 5.73 Å². The maximum atomic E-state index is 13.7. The molecular formula is C14H11FN4S. The highest BCUT2D eigenvalue weighted by Gasteiger charge is 2.16. The van der Waals surface area contributed by atoms with E-state index in [1.165, 1.54) is 17.5 Å². The monoisotopic (exact) mass is 286 g/mol. The average Bonchev–Trinajstić information content (AvgIpc) is 2.97. The van der Waals surface area contributed by atoms with Crippen LogP contribution in [0, 0.1) is 5.82 Å². The van der Waals surface area contributed by atoms with Crippen LogP contribution in [0.15, 0.2) is 48.8 Å². The summed E-state index contributed by atoms with van der Waals surface area (Å²) in [4.78, 5) is 3.72. The molecule has 0 saturated carbocycles. The zero-order valence-corrected chi connectivity index (χ0v) is 11.2. The van der Waals surface area contributed by atoms with Gasteiger partial charge in [0.2, 0.25) is 0 Å². The lowest BCUT2D eigenvalue weighted by atomic mass is 10.1. The molecule has 1 aromatic carbocycles. The van der Waals surface area contributed by atoms with Crippen molar-refractivity contribution in [1.29, 1.82) is 0 Å². The molecule has 2 N–H and O–H groups in total. The third-order valence-corrected chi connectivity index (χ3v) is 3.91. The highest BCUT2D eigenvalue weighted by molar-refractivity contribution is 7.14. The number of nitrogens with two attached hydrogens (primary N) is 1. The Hall–Kier alpha value is -2.18.